The van der Waals surface area contributed by atoms with Gasteiger partial charge in [-0.3, -0.25) is 14.6 Å². The highest BCUT2D eigenvalue weighted by Gasteiger charge is 2.30. The molecule has 1 N–H and O–H groups in total. The number of carbonyl (C=O) groups excluding carboxylic acids is 2. The first-order valence-corrected chi connectivity index (χ1v) is 12.4. The zero-order chi connectivity index (χ0) is 24.6. The van der Waals surface area contributed by atoms with E-state index in [1.54, 1.807) is 35.4 Å². The lowest BCUT2D eigenvalue weighted by molar-refractivity contribution is 0.0698. The van der Waals surface area contributed by atoms with Gasteiger partial charge in [-0.1, -0.05) is 6.07 Å². The van der Waals surface area contributed by atoms with Crippen molar-refractivity contribution in [3.8, 4) is 5.82 Å². The van der Waals surface area contributed by atoms with Crippen molar-refractivity contribution in [3.63, 3.8) is 0 Å². The summed E-state index contributed by atoms with van der Waals surface area (Å²) in [5.74, 6) is 0.945. The third-order valence-corrected chi connectivity index (χ3v) is 6.98. The van der Waals surface area contributed by atoms with Crippen molar-refractivity contribution in [2.75, 3.05) is 13.1 Å². The van der Waals surface area contributed by atoms with Gasteiger partial charge in [0.1, 0.15) is 0 Å². The molecule has 4 aromatic heterocycles. The number of carbonyl (C=O) groups is 2. The van der Waals surface area contributed by atoms with Crippen molar-refractivity contribution in [3.05, 3.63) is 77.5 Å². The Morgan fingerprint density at radius 1 is 1.00 bits per heavy atom. The summed E-state index contributed by atoms with van der Waals surface area (Å²) in [6.07, 6.45) is 8.56. The second-order valence-corrected chi connectivity index (χ2v) is 9.53. The molecule has 0 unspecified atom stereocenters. The van der Waals surface area contributed by atoms with Crippen LogP contribution >= 0.6 is 0 Å². The summed E-state index contributed by atoms with van der Waals surface area (Å²) in [6, 6.07) is 11.1. The number of nitrogens with one attached hydrogen (secondary N) is 1. The van der Waals surface area contributed by atoms with Crippen molar-refractivity contribution in [2.24, 2.45) is 0 Å². The molecule has 2 fully saturated rings. The molecule has 2 aliphatic rings. The number of amides is 2. The van der Waals surface area contributed by atoms with E-state index in [2.05, 4.69) is 15.3 Å². The fourth-order valence-corrected chi connectivity index (χ4v) is 4.88. The van der Waals surface area contributed by atoms with E-state index in [0.717, 1.165) is 29.6 Å². The number of rotatable bonds is 5. The molecule has 0 bridgehead atoms. The van der Waals surface area contributed by atoms with Gasteiger partial charge < -0.3 is 10.2 Å². The van der Waals surface area contributed by atoms with Gasteiger partial charge in [0.05, 0.1) is 16.6 Å². The molecule has 6 rings (SSSR count). The van der Waals surface area contributed by atoms with Crippen molar-refractivity contribution in [2.45, 2.75) is 44.6 Å². The topological polar surface area (TPSA) is 106 Å². The van der Waals surface area contributed by atoms with Gasteiger partial charge in [-0.05, 0) is 62.9 Å². The lowest BCUT2D eigenvalue weighted by atomic mass is 10.0. The SMILES string of the molecule is Cc1nn(-c2ccccn2)c2nc(C3CC3)cc(C(=O)NC3CCN(C(=O)c4ccncc4)CC3)c12. The van der Waals surface area contributed by atoms with Gasteiger partial charge in [0.25, 0.3) is 11.8 Å². The van der Waals surface area contributed by atoms with Gasteiger partial charge in [-0.15, -0.1) is 0 Å². The van der Waals surface area contributed by atoms with Crippen LogP contribution in [-0.4, -0.2) is 60.6 Å². The Hall–Kier alpha value is -4.14. The van der Waals surface area contributed by atoms with E-state index in [0.29, 0.717) is 54.4 Å². The maximum Gasteiger partial charge on any atom is 0.253 e. The van der Waals surface area contributed by atoms with E-state index in [1.165, 1.54) is 0 Å². The highest BCUT2D eigenvalue weighted by Crippen LogP contribution is 2.40. The molecule has 9 heteroatoms. The standard InChI is InChI=1S/C27H27N7O2/c1-17-24-21(16-22(18-5-6-18)31-25(24)34(32-17)23-4-2-3-11-29-23)26(35)30-20-9-14-33(15-10-20)27(36)19-7-12-28-13-8-19/h2-4,7-8,11-13,16,18,20H,5-6,9-10,14-15H2,1H3,(H,30,35). The molecule has 0 aromatic carbocycles. The molecule has 1 saturated heterocycles. The molecule has 9 nitrogen and oxygen atoms in total. The Labute approximate surface area is 208 Å². The molecule has 5 heterocycles. The number of hydrogen-bond acceptors (Lipinski definition) is 6. The van der Waals surface area contributed by atoms with Crippen molar-refractivity contribution in [1.29, 1.82) is 0 Å². The van der Waals surface area contributed by atoms with Crippen LogP contribution in [0.1, 0.15) is 63.7 Å². The Balaban J connectivity index is 1.24. The predicted molar refractivity (Wildman–Crippen MR) is 134 cm³/mol. The fraction of sp³-hybridized carbons (Fsp3) is 0.333. The van der Waals surface area contributed by atoms with Crippen LogP contribution in [0.25, 0.3) is 16.9 Å². The quantitative estimate of drug-likeness (QED) is 0.468. The predicted octanol–water partition coefficient (Wildman–Crippen LogP) is 3.43. The molecule has 1 aliphatic heterocycles. The van der Waals surface area contributed by atoms with E-state index in [-0.39, 0.29) is 17.9 Å². The van der Waals surface area contributed by atoms with Gasteiger partial charge in [-0.2, -0.15) is 9.78 Å². The van der Waals surface area contributed by atoms with Crippen LogP contribution < -0.4 is 5.32 Å². The lowest BCUT2D eigenvalue weighted by Crippen LogP contribution is -2.46. The van der Waals surface area contributed by atoms with Crippen LogP contribution in [0.5, 0.6) is 0 Å². The Bertz CT molecular complexity index is 1420. The Morgan fingerprint density at radius 2 is 1.78 bits per heavy atom. The minimum atomic E-state index is -0.119. The maximum absolute atomic E-state index is 13.6. The monoisotopic (exact) mass is 481 g/mol. The summed E-state index contributed by atoms with van der Waals surface area (Å²) in [5, 5.41) is 8.67. The number of nitrogens with zero attached hydrogens (tertiary/aromatic N) is 6. The number of fused-ring (bicyclic) bond motifs is 1. The highest BCUT2D eigenvalue weighted by molar-refractivity contribution is 6.07. The first kappa shape index (κ1) is 22.3. The summed E-state index contributed by atoms with van der Waals surface area (Å²) in [7, 11) is 0. The molecular formula is C27H27N7O2. The molecule has 1 aliphatic carbocycles. The number of aryl methyl sites for hydroxylation is 1. The van der Waals surface area contributed by atoms with Gasteiger partial charge in [0.2, 0.25) is 0 Å². The van der Waals surface area contributed by atoms with Crippen LogP contribution in [0.15, 0.2) is 55.0 Å². The zero-order valence-electron chi connectivity index (χ0n) is 20.1. The minimum absolute atomic E-state index is 0.00211. The van der Waals surface area contributed by atoms with E-state index >= 15 is 0 Å². The lowest BCUT2D eigenvalue weighted by Gasteiger charge is -2.32. The van der Waals surface area contributed by atoms with Crippen LogP contribution in [0, 0.1) is 6.92 Å². The first-order valence-electron chi connectivity index (χ1n) is 12.4. The number of likely N-dealkylation sites (tertiary alicyclic amines) is 1. The van der Waals surface area contributed by atoms with Crippen molar-refractivity contribution >= 4 is 22.8 Å². The summed E-state index contributed by atoms with van der Waals surface area (Å²) in [6.45, 7) is 3.10. The maximum atomic E-state index is 13.6. The first-order chi connectivity index (χ1) is 17.6. The van der Waals surface area contributed by atoms with Gasteiger partial charge in [0, 0.05) is 54.9 Å². The third kappa shape index (κ3) is 4.21. The normalized spacial score (nSPS) is 16.3. The van der Waals surface area contributed by atoms with Crippen LogP contribution in [-0.2, 0) is 0 Å². The van der Waals surface area contributed by atoms with E-state index in [9.17, 15) is 9.59 Å². The molecule has 4 aromatic rings. The van der Waals surface area contributed by atoms with E-state index in [4.69, 9.17) is 10.1 Å². The largest absolute Gasteiger partial charge is 0.349 e. The Kier molecular flexibility index (Phi) is 5.67. The second kappa shape index (κ2) is 9.14. The van der Waals surface area contributed by atoms with Gasteiger partial charge in [0.15, 0.2) is 11.5 Å². The number of pyridine rings is 3. The highest BCUT2D eigenvalue weighted by atomic mass is 16.2. The van der Waals surface area contributed by atoms with Gasteiger partial charge >= 0.3 is 0 Å². The fourth-order valence-electron chi connectivity index (χ4n) is 4.88. The Morgan fingerprint density at radius 3 is 2.47 bits per heavy atom. The molecule has 0 atom stereocenters. The molecule has 1 saturated carbocycles. The summed E-state index contributed by atoms with van der Waals surface area (Å²) >= 11 is 0. The van der Waals surface area contributed by atoms with Crippen molar-refractivity contribution < 1.29 is 9.59 Å². The molecule has 0 spiro atoms. The van der Waals surface area contributed by atoms with E-state index in [1.807, 2.05) is 36.1 Å². The molecule has 36 heavy (non-hydrogen) atoms. The number of aromatic nitrogens is 5. The molecule has 2 amide bonds. The number of piperidine rings is 1. The summed E-state index contributed by atoms with van der Waals surface area (Å²) in [4.78, 5) is 41.5. The van der Waals surface area contributed by atoms with Crippen LogP contribution in [0.2, 0.25) is 0 Å². The van der Waals surface area contributed by atoms with Crippen LogP contribution in [0.3, 0.4) is 0 Å². The van der Waals surface area contributed by atoms with Crippen LogP contribution in [0.4, 0.5) is 0 Å². The van der Waals surface area contributed by atoms with Gasteiger partial charge in [-0.25, -0.2) is 9.97 Å². The van der Waals surface area contributed by atoms with Crippen molar-refractivity contribution in [1.82, 2.24) is 34.9 Å². The molecular weight excluding hydrogens is 454 g/mol. The average molecular weight is 482 g/mol. The summed E-state index contributed by atoms with van der Waals surface area (Å²) < 4.78 is 1.73. The molecule has 182 valence electrons. The average Bonchev–Trinajstić information content (AvgIpc) is 3.72. The number of hydrogen-bond donors (Lipinski definition) is 1. The second-order valence-electron chi connectivity index (χ2n) is 9.53. The zero-order valence-corrected chi connectivity index (χ0v) is 20.1. The molecule has 0 radical (unpaired) electrons. The summed E-state index contributed by atoms with van der Waals surface area (Å²) in [5.41, 5.74) is 3.59. The minimum Gasteiger partial charge on any atom is -0.349 e. The van der Waals surface area contributed by atoms with E-state index < -0.39 is 0 Å². The smallest absolute Gasteiger partial charge is 0.253 e. The third-order valence-electron chi connectivity index (χ3n) is 6.98.